The fourth-order valence-electron chi connectivity index (χ4n) is 0.522. The van der Waals surface area contributed by atoms with Crippen molar-refractivity contribution >= 4 is 11.9 Å². The molecular weight excluding hydrogens is 204 g/mol. The first kappa shape index (κ1) is 13.4. The lowest BCUT2D eigenvalue weighted by atomic mass is 10.2. The number of rotatable bonds is 4. The zero-order chi connectivity index (χ0) is 12.2. The number of hydrogen-bond acceptors (Lipinski definition) is 4. The van der Waals surface area contributed by atoms with Crippen molar-refractivity contribution in [2.75, 3.05) is 0 Å². The van der Waals surface area contributed by atoms with E-state index < -0.39 is 28.9 Å². The van der Waals surface area contributed by atoms with Crippen LogP contribution in [0, 0.1) is 0 Å². The van der Waals surface area contributed by atoms with Crippen molar-refractivity contribution in [2.45, 2.75) is 33.3 Å². The molecule has 0 heterocycles. The smallest absolute Gasteiger partial charge is 0.375 e. The lowest BCUT2D eigenvalue weighted by molar-refractivity contribution is -0.321. The Morgan fingerprint density at radius 2 is 1.53 bits per heavy atom. The van der Waals surface area contributed by atoms with Gasteiger partial charge in [0.05, 0.1) is 5.57 Å². The molecule has 6 nitrogen and oxygen atoms in total. The van der Waals surface area contributed by atoms with Crippen LogP contribution in [0.3, 0.4) is 0 Å². The van der Waals surface area contributed by atoms with Gasteiger partial charge in [-0.15, -0.1) is 0 Å². The van der Waals surface area contributed by atoms with Gasteiger partial charge in [0, 0.05) is 0 Å². The van der Waals surface area contributed by atoms with Crippen LogP contribution in [-0.4, -0.2) is 27.8 Å². The van der Waals surface area contributed by atoms with E-state index in [-0.39, 0.29) is 0 Å². The van der Waals surface area contributed by atoms with Crippen LogP contribution in [0.5, 0.6) is 0 Å². The summed E-state index contributed by atoms with van der Waals surface area (Å²) in [5.74, 6) is -3.58. The average Bonchev–Trinajstić information content (AvgIpc) is 2.01. The van der Waals surface area contributed by atoms with Crippen LogP contribution in [0.1, 0.15) is 27.7 Å². The largest absolute Gasteiger partial charge is 0.478 e. The van der Waals surface area contributed by atoms with E-state index in [1.165, 1.54) is 0 Å². The minimum absolute atomic E-state index is 0.424. The van der Waals surface area contributed by atoms with Crippen molar-refractivity contribution < 1.29 is 29.6 Å². The summed E-state index contributed by atoms with van der Waals surface area (Å²) in [6.07, 6.45) is 0. The number of carbonyl (C=O) groups is 2. The van der Waals surface area contributed by atoms with Crippen molar-refractivity contribution in [3.05, 3.63) is 11.3 Å². The van der Waals surface area contributed by atoms with Crippen molar-refractivity contribution in [3.8, 4) is 0 Å². The van der Waals surface area contributed by atoms with Crippen molar-refractivity contribution in [1.82, 2.24) is 0 Å². The Balaban J connectivity index is 4.79. The summed E-state index contributed by atoms with van der Waals surface area (Å²) >= 11 is 0. The molecule has 0 radical (unpaired) electrons. The molecule has 0 rings (SSSR count). The minimum atomic E-state index is -1.49. The van der Waals surface area contributed by atoms with E-state index >= 15 is 0 Å². The summed E-state index contributed by atoms with van der Waals surface area (Å²) < 4.78 is 0. The van der Waals surface area contributed by atoms with Gasteiger partial charge < -0.3 is 15.1 Å². The SMILES string of the molecule is C/C(C(=O)O)=C(/OOC(C)(C)C)C(=O)O. The van der Waals surface area contributed by atoms with Gasteiger partial charge in [0.2, 0.25) is 0 Å². The molecule has 0 bridgehead atoms. The lowest BCUT2D eigenvalue weighted by Crippen LogP contribution is -2.22. The molecule has 0 saturated heterocycles. The second-order valence-electron chi connectivity index (χ2n) is 3.84. The van der Waals surface area contributed by atoms with Crippen molar-refractivity contribution in [1.29, 1.82) is 0 Å². The first-order valence-corrected chi connectivity index (χ1v) is 4.18. The first-order valence-electron chi connectivity index (χ1n) is 4.18. The summed E-state index contributed by atoms with van der Waals surface area (Å²) in [5, 5.41) is 17.2. The minimum Gasteiger partial charge on any atom is -0.478 e. The highest BCUT2D eigenvalue weighted by molar-refractivity contribution is 5.96. The van der Waals surface area contributed by atoms with E-state index in [9.17, 15) is 9.59 Å². The maximum atomic E-state index is 10.6. The Morgan fingerprint density at radius 3 is 1.80 bits per heavy atom. The summed E-state index contributed by atoms with van der Waals surface area (Å²) in [5.41, 5.74) is -1.15. The molecule has 15 heavy (non-hydrogen) atoms. The molecule has 0 aromatic heterocycles. The third kappa shape index (κ3) is 5.02. The Hall–Kier alpha value is -1.56. The van der Waals surface area contributed by atoms with Gasteiger partial charge in [-0.2, -0.15) is 4.89 Å². The molecule has 0 spiro atoms. The van der Waals surface area contributed by atoms with Gasteiger partial charge in [0.1, 0.15) is 5.60 Å². The van der Waals surface area contributed by atoms with Gasteiger partial charge in [0.15, 0.2) is 0 Å². The van der Waals surface area contributed by atoms with E-state index in [0.717, 1.165) is 6.92 Å². The van der Waals surface area contributed by atoms with Gasteiger partial charge in [-0.25, -0.2) is 9.59 Å². The van der Waals surface area contributed by atoms with Gasteiger partial charge >= 0.3 is 11.9 Å². The normalized spacial score (nSPS) is 13.1. The Labute approximate surface area is 87.0 Å². The van der Waals surface area contributed by atoms with Gasteiger partial charge in [-0.05, 0) is 27.7 Å². The molecule has 0 aromatic carbocycles. The van der Waals surface area contributed by atoms with Crippen LogP contribution in [0.2, 0.25) is 0 Å². The van der Waals surface area contributed by atoms with E-state index in [1.54, 1.807) is 20.8 Å². The zero-order valence-corrected chi connectivity index (χ0v) is 9.03. The molecule has 0 aromatic rings. The van der Waals surface area contributed by atoms with E-state index in [0.29, 0.717) is 0 Å². The predicted octanol–water partition coefficient (Wildman–Crippen LogP) is 1.18. The third-order valence-electron chi connectivity index (χ3n) is 1.23. The number of hydrogen-bond donors (Lipinski definition) is 2. The van der Waals surface area contributed by atoms with Gasteiger partial charge in [-0.3, -0.25) is 0 Å². The first-order chi connectivity index (χ1) is 6.65. The zero-order valence-electron chi connectivity index (χ0n) is 9.03. The summed E-state index contributed by atoms with van der Waals surface area (Å²) in [4.78, 5) is 30.4. The highest BCUT2D eigenvalue weighted by Crippen LogP contribution is 2.14. The van der Waals surface area contributed by atoms with Crippen LogP contribution in [0.4, 0.5) is 0 Å². The number of carboxylic acids is 2. The number of aliphatic carboxylic acids is 2. The Kier molecular flexibility index (Phi) is 4.29. The monoisotopic (exact) mass is 218 g/mol. The van der Waals surface area contributed by atoms with Crippen LogP contribution in [0.15, 0.2) is 11.3 Å². The molecule has 0 aliphatic rings. The molecule has 0 saturated carbocycles. The van der Waals surface area contributed by atoms with Crippen LogP contribution in [0.25, 0.3) is 0 Å². The van der Waals surface area contributed by atoms with E-state index in [1.807, 2.05) is 0 Å². The van der Waals surface area contributed by atoms with Crippen molar-refractivity contribution in [3.63, 3.8) is 0 Å². The van der Waals surface area contributed by atoms with Crippen molar-refractivity contribution in [2.24, 2.45) is 0 Å². The van der Waals surface area contributed by atoms with Crippen LogP contribution >= 0.6 is 0 Å². The molecule has 0 unspecified atom stereocenters. The Morgan fingerprint density at radius 1 is 1.07 bits per heavy atom. The average molecular weight is 218 g/mol. The topological polar surface area (TPSA) is 93.1 Å². The van der Waals surface area contributed by atoms with E-state index in [4.69, 9.17) is 15.1 Å². The summed E-state index contributed by atoms with van der Waals surface area (Å²) in [7, 11) is 0. The Bertz CT molecular complexity index is 296. The summed E-state index contributed by atoms with van der Waals surface area (Å²) in [6.45, 7) is 6.05. The molecule has 0 atom stereocenters. The lowest BCUT2D eigenvalue weighted by Gasteiger charge is -2.18. The van der Waals surface area contributed by atoms with Crippen LogP contribution in [-0.2, 0) is 19.4 Å². The predicted molar refractivity (Wildman–Crippen MR) is 49.9 cm³/mol. The molecule has 0 amide bonds. The quantitative estimate of drug-likeness (QED) is 0.318. The second-order valence-corrected chi connectivity index (χ2v) is 3.84. The molecule has 0 aliphatic heterocycles. The highest BCUT2D eigenvalue weighted by atomic mass is 17.2. The number of carboxylic acid groups (broad SMARTS) is 2. The maximum absolute atomic E-state index is 10.6. The fraction of sp³-hybridized carbons (Fsp3) is 0.556. The highest BCUT2D eigenvalue weighted by Gasteiger charge is 2.22. The third-order valence-corrected chi connectivity index (χ3v) is 1.23. The summed E-state index contributed by atoms with van der Waals surface area (Å²) in [6, 6.07) is 0. The van der Waals surface area contributed by atoms with Gasteiger partial charge in [0.25, 0.3) is 5.76 Å². The molecule has 86 valence electrons. The molecule has 0 aliphatic carbocycles. The van der Waals surface area contributed by atoms with E-state index in [2.05, 4.69) is 4.89 Å². The fourth-order valence-corrected chi connectivity index (χ4v) is 0.522. The molecule has 2 N–H and O–H groups in total. The standard InChI is InChI=1S/C9H14O6/c1-5(7(10)11)6(8(12)13)14-15-9(2,3)4/h1-4H3,(H,10,11)(H,12,13)/b6-5-. The molecular formula is C9H14O6. The maximum Gasteiger partial charge on any atom is 0.375 e. The van der Waals surface area contributed by atoms with Crippen LogP contribution < -0.4 is 0 Å². The van der Waals surface area contributed by atoms with Gasteiger partial charge in [-0.1, -0.05) is 0 Å². The molecule has 6 heteroatoms. The second kappa shape index (κ2) is 4.79. The molecule has 0 fully saturated rings.